The van der Waals surface area contributed by atoms with Gasteiger partial charge in [0.25, 0.3) is 0 Å². The number of aliphatic hydroxyl groups excluding tert-OH is 6. The van der Waals surface area contributed by atoms with Crippen molar-refractivity contribution in [3.05, 3.63) is 117 Å². The van der Waals surface area contributed by atoms with E-state index in [4.69, 9.17) is 42.1 Å². The number of hydrogen-bond donors (Lipinski definition) is 19. The highest BCUT2D eigenvalue weighted by Crippen LogP contribution is 2.55. The predicted octanol–water partition coefficient (Wildman–Crippen LogP) is 4.43. The molecule has 5 fully saturated rings. The molecule has 112 heavy (non-hydrogen) atoms. The molecule has 4 aliphatic carbocycles. The minimum absolute atomic E-state index is 0.0737. The first-order valence-electron chi connectivity index (χ1n) is 37.7. The van der Waals surface area contributed by atoms with Crippen molar-refractivity contribution in [2.75, 3.05) is 20.2 Å². The number of rotatable bonds is 19. The summed E-state index contributed by atoms with van der Waals surface area (Å²) < 4.78 is 25.4. The third-order valence-corrected chi connectivity index (χ3v) is 22.6. The van der Waals surface area contributed by atoms with Crippen molar-refractivity contribution >= 4 is 76.5 Å². The van der Waals surface area contributed by atoms with Crippen LogP contribution in [0.15, 0.2) is 78.9 Å². The van der Waals surface area contributed by atoms with E-state index in [9.17, 15) is 60.3 Å². The number of amides is 10. The highest BCUT2D eigenvalue weighted by molar-refractivity contribution is 6.32. The first kappa shape index (κ1) is 81.9. The molecule has 15 rings (SSSR count). The number of fused-ring (bicyclic) bond motifs is 15. The summed E-state index contributed by atoms with van der Waals surface area (Å²) in [5.41, 5.74) is -2.12. The van der Waals surface area contributed by atoms with Crippen molar-refractivity contribution in [1.29, 1.82) is 0 Å². The number of benzene rings is 5. The van der Waals surface area contributed by atoms with Gasteiger partial charge in [-0.25, -0.2) is 4.79 Å². The number of phenols is 3. The molecule has 6 aliphatic heterocycles. The van der Waals surface area contributed by atoms with Gasteiger partial charge in [0.05, 0.1) is 29.1 Å². The molecule has 4 saturated carbocycles. The van der Waals surface area contributed by atoms with Gasteiger partial charge in [0.2, 0.25) is 59.3 Å². The molecule has 6 heterocycles. The lowest BCUT2D eigenvalue weighted by Gasteiger charge is -2.54. The van der Waals surface area contributed by atoms with Gasteiger partial charge in [-0.3, -0.25) is 43.7 Å². The summed E-state index contributed by atoms with van der Waals surface area (Å²) in [6.45, 7) is 4.89. The van der Waals surface area contributed by atoms with Crippen LogP contribution < -0.4 is 67.4 Å². The molecule has 14 unspecified atom stereocenters. The summed E-state index contributed by atoms with van der Waals surface area (Å²) in [5.74, 6) is -13.2. The van der Waals surface area contributed by atoms with Crippen LogP contribution in [-0.4, -0.2) is 180 Å². The van der Waals surface area contributed by atoms with Crippen LogP contribution in [0.4, 0.5) is 4.79 Å². The number of unbranched alkanes of at least 4 members (excludes halogenated alkanes) is 5. The maximum atomic E-state index is 16.3. The Morgan fingerprint density at radius 3 is 1.85 bits per heavy atom. The van der Waals surface area contributed by atoms with Gasteiger partial charge in [-0.1, -0.05) is 94.3 Å². The summed E-state index contributed by atoms with van der Waals surface area (Å²) >= 11 is 14.2. The van der Waals surface area contributed by atoms with Gasteiger partial charge in [0, 0.05) is 29.8 Å². The lowest BCUT2D eigenvalue weighted by molar-refractivity contribution is -0.277. The molecule has 19 N–H and O–H groups in total. The Labute approximate surface area is 653 Å². The highest BCUT2D eigenvalue weighted by Gasteiger charge is 2.51. The molecule has 32 nitrogen and oxygen atoms in total. The van der Waals surface area contributed by atoms with Gasteiger partial charge in [0.1, 0.15) is 102 Å². The first-order valence-corrected chi connectivity index (χ1v) is 38.5. The Kier molecular flexibility index (Phi) is 25.7. The lowest BCUT2D eigenvalue weighted by atomic mass is 9.54. The Morgan fingerprint density at radius 2 is 1.22 bits per heavy atom. The van der Waals surface area contributed by atoms with Crippen LogP contribution in [0.25, 0.3) is 11.1 Å². The van der Waals surface area contributed by atoms with Crippen LogP contribution in [0.5, 0.6) is 46.0 Å². The van der Waals surface area contributed by atoms with Crippen molar-refractivity contribution in [3.8, 4) is 57.1 Å². The van der Waals surface area contributed by atoms with Crippen molar-refractivity contribution in [1.82, 2.24) is 53.2 Å². The lowest BCUT2D eigenvalue weighted by Crippen LogP contribution is -2.60. The SMILES string of the molecule is CCCCCCCCNC(=O)NC(=O)CC1NC(=O)C(NC(=O)C(CC(C)C)NC)C(O)c2ccc(c(Cl)c2)Oc2cc3cc(c2OC2OC(CO)C(O)C(O)C2O)Oc2ccc(cc2Cl)C(O)C2NC(=O)C(NC(=O)C3NC1=O)c1ccc(O)c(c1)-c1c(O)cc(O)cc1C(C(=O)NC1C3CC4CC(C3)CC1C4)NC2=O. The molecular formula is C78H94Cl2N10O22. The van der Waals surface area contributed by atoms with E-state index in [0.29, 0.717) is 18.3 Å². The maximum absolute atomic E-state index is 16.3. The van der Waals surface area contributed by atoms with Gasteiger partial charge in [0.15, 0.2) is 11.5 Å². The highest BCUT2D eigenvalue weighted by atomic mass is 35.5. The topological polar surface area (TPSA) is 493 Å². The third-order valence-electron chi connectivity index (χ3n) is 22.0. The second-order valence-corrected chi connectivity index (χ2v) is 31.2. The van der Waals surface area contributed by atoms with Gasteiger partial charge < -0.3 is 113 Å². The number of aromatic hydroxyl groups is 3. The number of hydrogen-bond acceptors (Lipinski definition) is 23. The molecule has 1 saturated heterocycles. The number of imide groups is 1. The van der Waals surface area contributed by atoms with E-state index in [2.05, 4.69) is 60.1 Å². The van der Waals surface area contributed by atoms with Crippen molar-refractivity contribution in [2.24, 2.45) is 29.6 Å². The summed E-state index contributed by atoms with van der Waals surface area (Å²) in [4.78, 5) is 136. The fourth-order valence-electron chi connectivity index (χ4n) is 16.5. The van der Waals surface area contributed by atoms with E-state index in [1.807, 2.05) is 13.8 Å². The zero-order chi connectivity index (χ0) is 80.3. The molecule has 14 atom stereocenters. The van der Waals surface area contributed by atoms with E-state index in [1.165, 1.54) is 31.3 Å². The monoisotopic (exact) mass is 1590 g/mol. The van der Waals surface area contributed by atoms with E-state index < -0.39 is 197 Å². The minimum atomic E-state index is -2.36. The molecule has 0 aromatic heterocycles. The Bertz CT molecular complexity index is 4390. The van der Waals surface area contributed by atoms with Crippen LogP contribution in [0, 0.1) is 29.6 Å². The number of carbonyl (C=O) groups is 9. The average molecular weight is 1590 g/mol. The second-order valence-electron chi connectivity index (χ2n) is 30.4. The van der Waals surface area contributed by atoms with Crippen LogP contribution in [0.3, 0.4) is 0 Å². The van der Waals surface area contributed by atoms with Gasteiger partial charge >= 0.3 is 6.03 Å². The summed E-state index contributed by atoms with van der Waals surface area (Å²) in [6.07, 6.45) is -5.47. The molecule has 10 amide bonds. The van der Waals surface area contributed by atoms with Crippen LogP contribution in [0.1, 0.15) is 162 Å². The summed E-state index contributed by atoms with van der Waals surface area (Å²) in [7, 11) is 1.48. The molecule has 15 bridgehead atoms. The molecule has 0 spiro atoms. The Morgan fingerprint density at radius 1 is 0.616 bits per heavy atom. The molecular weight excluding hydrogens is 1500 g/mol. The number of ether oxygens (including phenoxy) is 4. The number of aliphatic hydroxyl groups is 6. The number of urea groups is 1. The third kappa shape index (κ3) is 18.1. The first-order chi connectivity index (χ1) is 53.5. The molecule has 5 aromatic carbocycles. The fraction of sp³-hybridized carbons (Fsp3) is 0.500. The van der Waals surface area contributed by atoms with Crippen LogP contribution >= 0.6 is 23.2 Å². The normalized spacial score (nSPS) is 28.3. The molecule has 0 radical (unpaired) electrons. The van der Waals surface area contributed by atoms with E-state index in [-0.39, 0.29) is 86.7 Å². The number of nitrogens with one attached hydrogen (secondary N) is 10. The maximum Gasteiger partial charge on any atom is 0.321 e. The summed E-state index contributed by atoms with van der Waals surface area (Å²) in [6, 6.07) is -0.821. The number of halogens is 2. The van der Waals surface area contributed by atoms with E-state index in [0.717, 1.165) is 119 Å². The fourth-order valence-corrected chi connectivity index (χ4v) is 16.9. The van der Waals surface area contributed by atoms with Crippen LogP contribution in [0.2, 0.25) is 10.0 Å². The molecule has 602 valence electrons. The minimum Gasteiger partial charge on any atom is -0.508 e. The number of phenolic OH excluding ortho intramolecular Hbond substituents is 3. The van der Waals surface area contributed by atoms with Crippen molar-refractivity contribution in [3.63, 3.8) is 0 Å². The number of likely N-dealkylation sites (N-methyl/N-ethyl adjacent to an activating group) is 1. The van der Waals surface area contributed by atoms with Gasteiger partial charge in [-0.05, 0) is 164 Å². The number of carbonyl (C=O) groups excluding carboxylic acids is 9. The second kappa shape index (κ2) is 35.2. The predicted molar refractivity (Wildman–Crippen MR) is 400 cm³/mol. The standard InChI is InChI=1S/C78H94Cl2N10O22/c1-5-6-7-8-9-10-17-82-78(108)84-56(95)31-48-71(102)86-60-41-27-53(109-51-15-12-37(25-45(51)79)64(96)62(75(106)83-48)89-70(101)47(81-4)18-33(2)3)69(112-77-68(100)67(99)66(98)55(32-91)111-77)54(28-41)110-52-16-13-38(26-46(52)80)65(97)63-76(107)88-61(74(105)85-58-39-20-34-19-35(22-39)23-40(58)21-34)44-29-42(92)30-50(94)57(44)43-24-36(11-14-49(43)93)59(72(103)90-63)87-73(60)104/h11-16,24-30,33-35,39-40,47-48,55,58-68,77,81,91-94,96-100H,5-10,17-23,31-32H2,1-4H3,(H,83,106)(H,85,105)(H,86,102)(H,87,104)(H,88,107)(H,89,101)(H,90,103)(H2,82,84,95,108). The smallest absolute Gasteiger partial charge is 0.321 e. The zero-order valence-electron chi connectivity index (χ0n) is 61.7. The molecule has 34 heteroatoms. The van der Waals surface area contributed by atoms with Gasteiger partial charge in [-0.2, -0.15) is 0 Å². The Balaban J connectivity index is 1.04. The average Bonchev–Trinajstić information content (AvgIpc) is 0.732. The van der Waals surface area contributed by atoms with Crippen molar-refractivity contribution in [2.45, 2.75) is 195 Å². The largest absolute Gasteiger partial charge is 0.508 e. The van der Waals surface area contributed by atoms with Crippen molar-refractivity contribution < 1.29 is 108 Å². The zero-order valence-corrected chi connectivity index (χ0v) is 63.3. The summed E-state index contributed by atoms with van der Waals surface area (Å²) in [5, 5.41) is 130. The van der Waals surface area contributed by atoms with Crippen LogP contribution in [-0.2, 0) is 43.1 Å². The Hall–Kier alpha value is -9.61. The van der Waals surface area contributed by atoms with Gasteiger partial charge in [-0.15, -0.1) is 0 Å². The van der Waals surface area contributed by atoms with E-state index >= 15 is 28.8 Å². The molecule has 10 aliphatic rings. The molecule has 5 aromatic rings. The quantitative estimate of drug-likeness (QED) is 0.0508. The van der Waals surface area contributed by atoms with E-state index in [1.54, 1.807) is 0 Å².